The third-order valence-corrected chi connectivity index (χ3v) is 6.65. The standard InChI is InChI=1S/C18H26N2O3S/c1-5-8-19-18(21)16-6-9-20(10-7-16)24(22,23)17-14(3)11-13(2)12-15(17)4/h5,11-12,16H,1,6-10H2,2-4H3,(H,19,21). The SMILES string of the molecule is C=CCNC(=O)C1CCN(S(=O)(=O)c2c(C)cc(C)cc2C)CC1. The molecular weight excluding hydrogens is 324 g/mol. The summed E-state index contributed by atoms with van der Waals surface area (Å²) in [4.78, 5) is 12.4. The van der Waals surface area contributed by atoms with Gasteiger partial charge in [-0.3, -0.25) is 4.79 Å². The number of sulfonamides is 1. The number of carbonyl (C=O) groups excluding carboxylic acids is 1. The number of nitrogens with one attached hydrogen (secondary N) is 1. The van der Waals surface area contributed by atoms with Gasteiger partial charge in [-0.15, -0.1) is 6.58 Å². The van der Waals surface area contributed by atoms with Gasteiger partial charge in [0, 0.05) is 25.6 Å². The Kier molecular flexibility index (Phi) is 5.83. The van der Waals surface area contributed by atoms with Gasteiger partial charge in [-0.2, -0.15) is 4.31 Å². The average Bonchev–Trinajstić information content (AvgIpc) is 2.51. The molecule has 1 aromatic carbocycles. The highest BCUT2D eigenvalue weighted by atomic mass is 32.2. The minimum absolute atomic E-state index is 0.0188. The van der Waals surface area contributed by atoms with E-state index >= 15 is 0 Å². The van der Waals surface area contributed by atoms with Crippen LogP contribution in [-0.4, -0.2) is 38.3 Å². The number of nitrogens with zero attached hydrogens (tertiary/aromatic N) is 1. The van der Waals surface area contributed by atoms with Crippen LogP contribution in [-0.2, 0) is 14.8 Å². The first-order chi connectivity index (χ1) is 11.3. The van der Waals surface area contributed by atoms with Crippen LogP contribution in [0.4, 0.5) is 0 Å². The summed E-state index contributed by atoms with van der Waals surface area (Å²) in [5.41, 5.74) is 2.61. The van der Waals surface area contributed by atoms with Crippen LogP contribution in [0.3, 0.4) is 0 Å². The molecule has 132 valence electrons. The maximum absolute atomic E-state index is 13.0. The monoisotopic (exact) mass is 350 g/mol. The molecule has 0 bridgehead atoms. The summed E-state index contributed by atoms with van der Waals surface area (Å²) in [6.45, 7) is 10.4. The normalized spacial score (nSPS) is 16.8. The molecule has 1 amide bonds. The molecular formula is C18H26N2O3S. The minimum Gasteiger partial charge on any atom is -0.352 e. The number of benzene rings is 1. The number of hydrogen-bond acceptors (Lipinski definition) is 3. The van der Waals surface area contributed by atoms with Crippen LogP contribution in [0.1, 0.15) is 29.5 Å². The number of hydrogen-bond donors (Lipinski definition) is 1. The van der Waals surface area contributed by atoms with Crippen molar-refractivity contribution in [3.05, 3.63) is 41.5 Å². The smallest absolute Gasteiger partial charge is 0.243 e. The summed E-state index contributed by atoms with van der Waals surface area (Å²) >= 11 is 0. The van der Waals surface area contributed by atoms with Gasteiger partial charge in [-0.25, -0.2) is 8.42 Å². The van der Waals surface area contributed by atoms with Crippen molar-refractivity contribution in [2.75, 3.05) is 19.6 Å². The Labute approximate surface area is 144 Å². The largest absolute Gasteiger partial charge is 0.352 e. The molecule has 1 aromatic rings. The van der Waals surface area contributed by atoms with Crippen molar-refractivity contribution >= 4 is 15.9 Å². The van der Waals surface area contributed by atoms with Gasteiger partial charge < -0.3 is 5.32 Å². The highest BCUT2D eigenvalue weighted by Gasteiger charge is 2.33. The van der Waals surface area contributed by atoms with Gasteiger partial charge >= 0.3 is 0 Å². The van der Waals surface area contributed by atoms with Crippen LogP contribution >= 0.6 is 0 Å². The molecule has 6 heteroatoms. The summed E-state index contributed by atoms with van der Waals surface area (Å²) in [5.74, 6) is -0.147. The fraction of sp³-hybridized carbons (Fsp3) is 0.500. The van der Waals surface area contributed by atoms with Crippen molar-refractivity contribution in [1.29, 1.82) is 0 Å². The van der Waals surface area contributed by atoms with Crippen molar-refractivity contribution in [3.8, 4) is 0 Å². The second-order valence-electron chi connectivity index (χ2n) is 6.44. The molecule has 0 aliphatic carbocycles. The number of rotatable bonds is 5. The number of amides is 1. The van der Waals surface area contributed by atoms with Gasteiger partial charge in [-0.1, -0.05) is 23.8 Å². The van der Waals surface area contributed by atoms with E-state index in [1.807, 2.05) is 32.9 Å². The number of aryl methyl sites for hydroxylation is 3. The number of carbonyl (C=O) groups is 1. The summed E-state index contributed by atoms with van der Waals surface area (Å²) in [6.07, 6.45) is 2.73. The summed E-state index contributed by atoms with van der Waals surface area (Å²) < 4.78 is 27.5. The Hall–Kier alpha value is -1.66. The van der Waals surface area contributed by atoms with Crippen LogP contribution in [0.25, 0.3) is 0 Å². The quantitative estimate of drug-likeness (QED) is 0.829. The molecule has 0 radical (unpaired) electrons. The van der Waals surface area contributed by atoms with E-state index in [0.29, 0.717) is 37.4 Å². The van der Waals surface area contributed by atoms with Crippen LogP contribution in [0.5, 0.6) is 0 Å². The van der Waals surface area contributed by atoms with E-state index in [1.165, 1.54) is 4.31 Å². The summed E-state index contributed by atoms with van der Waals surface area (Å²) in [5, 5.41) is 2.79. The fourth-order valence-electron chi connectivity index (χ4n) is 3.38. The molecule has 0 aromatic heterocycles. The second-order valence-corrected chi connectivity index (χ2v) is 8.31. The van der Waals surface area contributed by atoms with Gasteiger partial charge in [0.05, 0.1) is 4.90 Å². The van der Waals surface area contributed by atoms with Gasteiger partial charge in [-0.05, 0) is 44.7 Å². The zero-order valence-electron chi connectivity index (χ0n) is 14.6. The Bertz CT molecular complexity index is 710. The summed E-state index contributed by atoms with van der Waals surface area (Å²) in [7, 11) is -3.52. The summed E-state index contributed by atoms with van der Waals surface area (Å²) in [6, 6.07) is 3.80. The molecule has 0 saturated carbocycles. The van der Waals surface area contributed by atoms with Crippen LogP contribution in [0.2, 0.25) is 0 Å². The fourth-order valence-corrected chi connectivity index (χ4v) is 5.26. The van der Waals surface area contributed by atoms with Crippen LogP contribution < -0.4 is 5.32 Å². The molecule has 1 fully saturated rings. The predicted molar refractivity (Wildman–Crippen MR) is 95.3 cm³/mol. The first kappa shape index (κ1) is 18.7. The Morgan fingerprint density at radius 1 is 1.25 bits per heavy atom. The molecule has 2 rings (SSSR count). The first-order valence-electron chi connectivity index (χ1n) is 8.24. The first-order valence-corrected chi connectivity index (χ1v) is 9.68. The predicted octanol–water partition coefficient (Wildman–Crippen LogP) is 2.31. The van der Waals surface area contributed by atoms with Gasteiger partial charge in [0.25, 0.3) is 0 Å². The molecule has 0 atom stereocenters. The van der Waals surface area contributed by atoms with Crippen molar-refractivity contribution in [2.24, 2.45) is 5.92 Å². The molecule has 0 unspecified atom stereocenters. The van der Waals surface area contributed by atoms with E-state index in [4.69, 9.17) is 0 Å². The molecule has 1 N–H and O–H groups in total. The van der Waals surface area contributed by atoms with Crippen LogP contribution in [0, 0.1) is 26.7 Å². The van der Waals surface area contributed by atoms with E-state index in [-0.39, 0.29) is 11.8 Å². The van der Waals surface area contributed by atoms with E-state index < -0.39 is 10.0 Å². The highest BCUT2D eigenvalue weighted by molar-refractivity contribution is 7.89. The second kappa shape index (κ2) is 7.49. The molecule has 0 spiro atoms. The average molecular weight is 350 g/mol. The third-order valence-electron chi connectivity index (χ3n) is 4.45. The number of piperidine rings is 1. The Morgan fingerprint density at radius 2 is 1.79 bits per heavy atom. The van der Waals surface area contributed by atoms with E-state index in [9.17, 15) is 13.2 Å². The van der Waals surface area contributed by atoms with Gasteiger partial charge in [0.1, 0.15) is 0 Å². The lowest BCUT2D eigenvalue weighted by Crippen LogP contribution is -2.43. The highest BCUT2D eigenvalue weighted by Crippen LogP contribution is 2.28. The van der Waals surface area contributed by atoms with Crippen molar-refractivity contribution in [2.45, 2.75) is 38.5 Å². The lowest BCUT2D eigenvalue weighted by Gasteiger charge is -2.31. The van der Waals surface area contributed by atoms with Gasteiger partial charge in [0.2, 0.25) is 15.9 Å². The Balaban J connectivity index is 2.14. The lowest BCUT2D eigenvalue weighted by atomic mass is 9.97. The molecule has 1 aliphatic heterocycles. The lowest BCUT2D eigenvalue weighted by molar-refractivity contribution is -0.125. The van der Waals surface area contributed by atoms with E-state index in [2.05, 4.69) is 11.9 Å². The van der Waals surface area contributed by atoms with Crippen molar-refractivity contribution in [3.63, 3.8) is 0 Å². The maximum Gasteiger partial charge on any atom is 0.243 e. The maximum atomic E-state index is 13.0. The third kappa shape index (κ3) is 3.87. The molecule has 1 aliphatic rings. The molecule has 24 heavy (non-hydrogen) atoms. The van der Waals surface area contributed by atoms with E-state index in [1.54, 1.807) is 6.08 Å². The van der Waals surface area contributed by atoms with Crippen molar-refractivity contribution < 1.29 is 13.2 Å². The van der Waals surface area contributed by atoms with Gasteiger partial charge in [0.15, 0.2) is 0 Å². The zero-order valence-corrected chi connectivity index (χ0v) is 15.4. The zero-order chi connectivity index (χ0) is 17.9. The molecule has 1 heterocycles. The Morgan fingerprint density at radius 3 is 2.29 bits per heavy atom. The molecule has 5 nitrogen and oxygen atoms in total. The van der Waals surface area contributed by atoms with E-state index in [0.717, 1.165) is 16.7 Å². The minimum atomic E-state index is -3.52. The topological polar surface area (TPSA) is 66.5 Å². The van der Waals surface area contributed by atoms with Crippen LogP contribution in [0.15, 0.2) is 29.7 Å². The molecule has 1 saturated heterocycles. The van der Waals surface area contributed by atoms with Crippen molar-refractivity contribution in [1.82, 2.24) is 9.62 Å².